The molecule has 0 unspecified atom stereocenters. The SMILES string of the molecule is COC1=C[C@H]2[C@@H]3Cc4ccc(OC)c(O)c4[C@]2(CCN3C)C/C1=N\O. The summed E-state index contributed by atoms with van der Waals surface area (Å²) in [6.45, 7) is 0.937. The summed E-state index contributed by atoms with van der Waals surface area (Å²) in [7, 11) is 5.33. The van der Waals surface area contributed by atoms with Crippen molar-refractivity contribution in [3.8, 4) is 11.5 Å². The number of likely N-dealkylation sites (N-methyl/N-ethyl adjacent to an activating group) is 1. The van der Waals surface area contributed by atoms with Gasteiger partial charge < -0.3 is 24.7 Å². The number of piperidine rings is 1. The molecule has 1 heterocycles. The minimum absolute atomic E-state index is 0.192. The van der Waals surface area contributed by atoms with E-state index in [4.69, 9.17) is 9.47 Å². The van der Waals surface area contributed by atoms with Crippen LogP contribution < -0.4 is 4.74 Å². The molecule has 1 aliphatic heterocycles. The highest BCUT2D eigenvalue weighted by Crippen LogP contribution is 2.57. The van der Waals surface area contributed by atoms with E-state index in [9.17, 15) is 10.3 Å². The van der Waals surface area contributed by atoms with E-state index in [2.05, 4.69) is 29.2 Å². The Hall–Kier alpha value is -2.21. The third-order valence-electron chi connectivity index (χ3n) is 6.34. The van der Waals surface area contributed by atoms with Gasteiger partial charge in [0.15, 0.2) is 11.5 Å². The number of likely N-dealkylation sites (tertiary alicyclic amines) is 1. The van der Waals surface area contributed by atoms with Gasteiger partial charge in [-0.25, -0.2) is 0 Å². The van der Waals surface area contributed by atoms with E-state index in [0.717, 1.165) is 30.5 Å². The fraction of sp³-hybridized carbons (Fsp3) is 0.526. The quantitative estimate of drug-likeness (QED) is 0.636. The number of rotatable bonds is 2. The highest BCUT2D eigenvalue weighted by molar-refractivity contribution is 6.00. The Balaban J connectivity index is 1.98. The van der Waals surface area contributed by atoms with Crippen LogP contribution in [-0.4, -0.2) is 54.8 Å². The maximum atomic E-state index is 10.9. The number of phenolic OH excluding ortho intramolecular Hbond substituents is 1. The van der Waals surface area contributed by atoms with Gasteiger partial charge >= 0.3 is 0 Å². The van der Waals surface area contributed by atoms with Crippen molar-refractivity contribution in [2.75, 3.05) is 27.8 Å². The van der Waals surface area contributed by atoms with Gasteiger partial charge in [0, 0.05) is 29.4 Å². The van der Waals surface area contributed by atoms with Gasteiger partial charge in [0.05, 0.1) is 14.2 Å². The molecule has 2 bridgehead atoms. The Labute approximate surface area is 147 Å². The summed E-state index contributed by atoms with van der Waals surface area (Å²) in [5.74, 6) is 1.54. The number of phenols is 1. The van der Waals surface area contributed by atoms with Crippen molar-refractivity contribution in [3.05, 3.63) is 35.1 Å². The summed E-state index contributed by atoms with van der Waals surface area (Å²) in [4.78, 5) is 2.39. The van der Waals surface area contributed by atoms with Crippen LogP contribution in [0.25, 0.3) is 0 Å². The minimum Gasteiger partial charge on any atom is -0.504 e. The second-order valence-corrected chi connectivity index (χ2v) is 7.29. The fourth-order valence-electron chi connectivity index (χ4n) is 5.14. The van der Waals surface area contributed by atoms with Crippen molar-refractivity contribution < 1.29 is 19.8 Å². The second kappa shape index (κ2) is 5.66. The molecule has 1 aromatic rings. The van der Waals surface area contributed by atoms with Crippen LogP contribution in [-0.2, 0) is 16.6 Å². The third-order valence-corrected chi connectivity index (χ3v) is 6.34. The summed E-state index contributed by atoms with van der Waals surface area (Å²) in [6.07, 6.45) is 4.38. The highest BCUT2D eigenvalue weighted by atomic mass is 16.5. The zero-order valence-electron chi connectivity index (χ0n) is 14.8. The van der Waals surface area contributed by atoms with Gasteiger partial charge in [-0.05, 0) is 44.1 Å². The molecule has 0 spiro atoms. The minimum atomic E-state index is -0.299. The van der Waals surface area contributed by atoms with Crippen molar-refractivity contribution in [2.45, 2.75) is 30.7 Å². The average Bonchev–Trinajstić information content (AvgIpc) is 2.63. The smallest absolute Gasteiger partial charge is 0.161 e. The maximum Gasteiger partial charge on any atom is 0.161 e. The Morgan fingerprint density at radius 1 is 1.28 bits per heavy atom. The monoisotopic (exact) mass is 344 g/mol. The lowest BCUT2D eigenvalue weighted by atomic mass is 9.53. The van der Waals surface area contributed by atoms with Gasteiger partial charge in [-0.15, -0.1) is 0 Å². The molecule has 2 aliphatic carbocycles. The van der Waals surface area contributed by atoms with E-state index in [-0.39, 0.29) is 17.1 Å². The van der Waals surface area contributed by atoms with Crippen LogP contribution in [0.15, 0.2) is 29.1 Å². The number of methoxy groups -OCH3 is 2. The molecule has 25 heavy (non-hydrogen) atoms. The molecule has 3 aliphatic rings. The van der Waals surface area contributed by atoms with Gasteiger partial charge in [-0.3, -0.25) is 0 Å². The second-order valence-electron chi connectivity index (χ2n) is 7.29. The van der Waals surface area contributed by atoms with Crippen molar-refractivity contribution in [1.82, 2.24) is 4.90 Å². The predicted octanol–water partition coefficient (Wildman–Crippen LogP) is 2.28. The molecule has 0 saturated carbocycles. The van der Waals surface area contributed by atoms with Crippen LogP contribution in [0.3, 0.4) is 0 Å². The normalized spacial score (nSPS) is 32.6. The third kappa shape index (κ3) is 2.10. The first-order valence-corrected chi connectivity index (χ1v) is 8.62. The number of hydrogen-bond donors (Lipinski definition) is 2. The summed E-state index contributed by atoms with van der Waals surface area (Å²) in [6, 6.07) is 4.23. The largest absolute Gasteiger partial charge is 0.504 e. The van der Waals surface area contributed by atoms with Crippen LogP contribution in [0, 0.1) is 5.92 Å². The van der Waals surface area contributed by atoms with E-state index in [1.165, 1.54) is 0 Å². The molecule has 1 aromatic carbocycles. The van der Waals surface area contributed by atoms with Gasteiger partial charge in [0.25, 0.3) is 0 Å². The lowest BCUT2D eigenvalue weighted by Crippen LogP contribution is -2.60. The van der Waals surface area contributed by atoms with Gasteiger partial charge in [0.1, 0.15) is 11.5 Å². The van der Waals surface area contributed by atoms with Crippen LogP contribution in [0.2, 0.25) is 0 Å². The van der Waals surface area contributed by atoms with Crippen LogP contribution >= 0.6 is 0 Å². The number of hydrogen-bond acceptors (Lipinski definition) is 6. The molecule has 2 N–H and O–H groups in total. The van der Waals surface area contributed by atoms with E-state index >= 15 is 0 Å². The predicted molar refractivity (Wildman–Crippen MR) is 93.5 cm³/mol. The van der Waals surface area contributed by atoms with E-state index < -0.39 is 0 Å². The van der Waals surface area contributed by atoms with Gasteiger partial charge in [-0.1, -0.05) is 11.2 Å². The number of oxime groups is 1. The summed E-state index contributed by atoms with van der Waals surface area (Å²) in [5.41, 5.74) is 2.34. The van der Waals surface area contributed by atoms with E-state index in [1.807, 2.05) is 6.07 Å². The first-order chi connectivity index (χ1) is 12.1. The number of nitrogens with zero attached hydrogens (tertiary/aromatic N) is 2. The first kappa shape index (κ1) is 16.3. The van der Waals surface area contributed by atoms with Gasteiger partial charge in [0.2, 0.25) is 0 Å². The van der Waals surface area contributed by atoms with E-state index in [1.54, 1.807) is 14.2 Å². The molecule has 0 radical (unpaired) electrons. The number of aromatic hydroxyl groups is 1. The van der Waals surface area contributed by atoms with Crippen LogP contribution in [0.5, 0.6) is 11.5 Å². The molecule has 0 amide bonds. The molecule has 134 valence electrons. The van der Waals surface area contributed by atoms with E-state index in [0.29, 0.717) is 29.7 Å². The molecule has 1 saturated heterocycles. The molecule has 4 rings (SSSR count). The standard InChI is InChI=1S/C19H24N2O4/c1-21-7-6-19-10-13(20-23)16(25-3)9-12(19)14(21)8-11-4-5-15(24-2)18(22)17(11)19/h4-5,9,12,14,22-23H,6-8,10H2,1-3H3/b20-13+/t12-,14-,19+/m0/s1. The molecule has 0 aromatic heterocycles. The Morgan fingerprint density at radius 2 is 2.08 bits per heavy atom. The molecule has 1 fully saturated rings. The maximum absolute atomic E-state index is 10.9. The Kier molecular flexibility index (Phi) is 3.68. The average molecular weight is 344 g/mol. The number of fused-ring (bicyclic) bond motifs is 1. The molecule has 3 atom stereocenters. The highest BCUT2D eigenvalue weighted by Gasteiger charge is 2.56. The molecular weight excluding hydrogens is 320 g/mol. The lowest BCUT2D eigenvalue weighted by molar-refractivity contribution is 0.0520. The summed E-state index contributed by atoms with van der Waals surface area (Å²) >= 11 is 0. The fourth-order valence-corrected chi connectivity index (χ4v) is 5.14. The number of ether oxygens (including phenoxy) is 2. The molecular formula is C19H24N2O4. The van der Waals surface area contributed by atoms with Crippen molar-refractivity contribution in [1.29, 1.82) is 0 Å². The van der Waals surface area contributed by atoms with Crippen molar-refractivity contribution in [3.63, 3.8) is 0 Å². The van der Waals surface area contributed by atoms with Crippen LogP contribution in [0.1, 0.15) is 24.0 Å². The zero-order valence-corrected chi connectivity index (χ0v) is 14.8. The lowest BCUT2D eigenvalue weighted by Gasteiger charge is -2.57. The number of allylic oxidation sites excluding steroid dienone is 1. The summed E-state index contributed by atoms with van der Waals surface area (Å²) < 4.78 is 10.8. The topological polar surface area (TPSA) is 74.5 Å². The summed E-state index contributed by atoms with van der Waals surface area (Å²) in [5, 5.41) is 23.9. The first-order valence-electron chi connectivity index (χ1n) is 8.62. The van der Waals surface area contributed by atoms with Gasteiger partial charge in [-0.2, -0.15) is 0 Å². The zero-order chi connectivity index (χ0) is 17.8. The van der Waals surface area contributed by atoms with Crippen LogP contribution in [0.4, 0.5) is 0 Å². The van der Waals surface area contributed by atoms with Crippen molar-refractivity contribution >= 4 is 5.71 Å². The van der Waals surface area contributed by atoms with Crippen molar-refractivity contribution in [2.24, 2.45) is 11.1 Å². The number of benzene rings is 1. The Morgan fingerprint density at radius 3 is 2.76 bits per heavy atom. The molecule has 6 heteroatoms. The Bertz CT molecular complexity index is 773. The molecule has 6 nitrogen and oxygen atoms in total.